The van der Waals surface area contributed by atoms with Gasteiger partial charge in [-0.05, 0) is 28.1 Å². The molecule has 2 amide bonds. The molecule has 0 bridgehead atoms. The van der Waals surface area contributed by atoms with Crippen LogP contribution in [-0.4, -0.2) is 55.2 Å². The maximum atomic E-state index is 12.2. The molecule has 1 aromatic rings. The Kier molecular flexibility index (Phi) is 5.58. The number of halogens is 1. The standard InChI is InChI=1S/C15H15BrN2O6/c1-23-12-5-8(15(22)24-2)10(6-9(12)16)17-11-7-13(20)18(3-4-19)14(11)21/h5-7,17,19H,3-4H2,1-2H3. The summed E-state index contributed by atoms with van der Waals surface area (Å²) < 4.78 is 10.4. The smallest absolute Gasteiger partial charge is 0.340 e. The van der Waals surface area contributed by atoms with E-state index in [1.54, 1.807) is 6.07 Å². The Labute approximate surface area is 146 Å². The first kappa shape index (κ1) is 18.0. The largest absolute Gasteiger partial charge is 0.496 e. The first-order valence-corrected chi connectivity index (χ1v) is 7.63. The Morgan fingerprint density at radius 2 is 2.04 bits per heavy atom. The molecule has 0 unspecified atom stereocenters. The Bertz CT molecular complexity index is 731. The molecule has 9 heteroatoms. The van der Waals surface area contributed by atoms with E-state index in [-0.39, 0.29) is 30.1 Å². The van der Waals surface area contributed by atoms with Crippen molar-refractivity contribution >= 4 is 39.4 Å². The molecule has 0 saturated carbocycles. The van der Waals surface area contributed by atoms with Crippen molar-refractivity contribution in [2.45, 2.75) is 0 Å². The van der Waals surface area contributed by atoms with Crippen LogP contribution in [-0.2, 0) is 14.3 Å². The lowest BCUT2D eigenvalue weighted by molar-refractivity contribution is -0.137. The third kappa shape index (κ3) is 3.41. The predicted molar refractivity (Wildman–Crippen MR) is 87.5 cm³/mol. The predicted octanol–water partition coefficient (Wildman–Crippen LogP) is 0.901. The van der Waals surface area contributed by atoms with E-state index in [4.69, 9.17) is 14.6 Å². The summed E-state index contributed by atoms with van der Waals surface area (Å²) in [6.45, 7) is -0.435. The topological polar surface area (TPSA) is 105 Å². The van der Waals surface area contributed by atoms with E-state index in [1.807, 2.05) is 0 Å². The van der Waals surface area contributed by atoms with Crippen LogP contribution in [0.15, 0.2) is 28.4 Å². The van der Waals surface area contributed by atoms with Crippen LogP contribution in [0.1, 0.15) is 10.4 Å². The van der Waals surface area contributed by atoms with Gasteiger partial charge in [0, 0.05) is 6.08 Å². The van der Waals surface area contributed by atoms with Crippen molar-refractivity contribution in [3.05, 3.63) is 33.9 Å². The summed E-state index contributed by atoms with van der Waals surface area (Å²) in [5.41, 5.74) is 0.405. The molecule has 0 saturated heterocycles. The fraction of sp³-hybridized carbons (Fsp3) is 0.267. The molecule has 128 valence electrons. The normalized spacial score (nSPS) is 13.8. The highest BCUT2D eigenvalue weighted by atomic mass is 79.9. The number of nitrogens with one attached hydrogen (secondary N) is 1. The van der Waals surface area contributed by atoms with Crippen LogP contribution in [0.3, 0.4) is 0 Å². The number of carbonyl (C=O) groups excluding carboxylic acids is 3. The number of nitrogens with zero attached hydrogens (tertiary/aromatic N) is 1. The fourth-order valence-electron chi connectivity index (χ4n) is 2.15. The molecule has 1 aliphatic heterocycles. The van der Waals surface area contributed by atoms with Crippen molar-refractivity contribution in [2.75, 3.05) is 32.7 Å². The number of aliphatic hydroxyl groups excluding tert-OH is 1. The van der Waals surface area contributed by atoms with Crippen LogP contribution in [0, 0.1) is 0 Å². The van der Waals surface area contributed by atoms with Gasteiger partial charge in [-0.25, -0.2) is 4.79 Å². The summed E-state index contributed by atoms with van der Waals surface area (Å²) in [6, 6.07) is 2.99. The number of anilines is 1. The number of hydrogen-bond donors (Lipinski definition) is 2. The molecule has 1 aromatic carbocycles. The van der Waals surface area contributed by atoms with Crippen LogP contribution < -0.4 is 10.1 Å². The Hall–Kier alpha value is -2.39. The average molecular weight is 399 g/mol. The van der Waals surface area contributed by atoms with E-state index < -0.39 is 17.8 Å². The van der Waals surface area contributed by atoms with E-state index >= 15 is 0 Å². The molecule has 0 spiro atoms. The quantitative estimate of drug-likeness (QED) is 0.541. The van der Waals surface area contributed by atoms with Gasteiger partial charge in [0.05, 0.1) is 43.1 Å². The Morgan fingerprint density at radius 3 is 2.62 bits per heavy atom. The minimum absolute atomic E-state index is 0.00401. The summed E-state index contributed by atoms with van der Waals surface area (Å²) in [4.78, 5) is 36.8. The number of methoxy groups -OCH3 is 2. The lowest BCUT2D eigenvalue weighted by Crippen LogP contribution is -2.34. The number of esters is 1. The second-order valence-corrected chi connectivity index (χ2v) is 5.58. The summed E-state index contributed by atoms with van der Waals surface area (Å²) in [6.07, 6.45) is 1.11. The van der Waals surface area contributed by atoms with E-state index in [2.05, 4.69) is 21.2 Å². The van der Waals surface area contributed by atoms with Crippen molar-refractivity contribution in [2.24, 2.45) is 0 Å². The van der Waals surface area contributed by atoms with E-state index in [0.29, 0.717) is 10.2 Å². The number of carbonyl (C=O) groups is 3. The molecule has 2 N–H and O–H groups in total. The number of aliphatic hydroxyl groups is 1. The lowest BCUT2D eigenvalue weighted by atomic mass is 10.1. The van der Waals surface area contributed by atoms with Gasteiger partial charge in [0.15, 0.2) is 0 Å². The Balaban J connectivity index is 2.37. The van der Waals surface area contributed by atoms with Crippen molar-refractivity contribution in [3.8, 4) is 5.75 Å². The van der Waals surface area contributed by atoms with Crippen LogP contribution in [0.5, 0.6) is 5.75 Å². The number of ether oxygens (including phenoxy) is 2. The number of hydrogen-bond acceptors (Lipinski definition) is 7. The van der Waals surface area contributed by atoms with Crippen LogP contribution in [0.2, 0.25) is 0 Å². The highest BCUT2D eigenvalue weighted by Gasteiger charge is 2.31. The zero-order valence-electron chi connectivity index (χ0n) is 13.0. The van der Waals surface area contributed by atoms with Gasteiger partial charge < -0.3 is 19.9 Å². The van der Waals surface area contributed by atoms with Gasteiger partial charge >= 0.3 is 5.97 Å². The average Bonchev–Trinajstić information content (AvgIpc) is 2.82. The van der Waals surface area contributed by atoms with Crippen LogP contribution in [0.25, 0.3) is 0 Å². The summed E-state index contributed by atoms with van der Waals surface area (Å²) in [5, 5.41) is 11.7. The van der Waals surface area contributed by atoms with Crippen LogP contribution >= 0.6 is 15.9 Å². The summed E-state index contributed by atoms with van der Waals surface area (Å²) in [7, 11) is 2.68. The highest BCUT2D eigenvalue weighted by Crippen LogP contribution is 2.33. The molecule has 0 atom stereocenters. The number of β-amino-alcohol motifs (C(OH)–C–C–N with tert-alkyl or cyclic N) is 1. The molecule has 0 aromatic heterocycles. The van der Waals surface area contributed by atoms with Gasteiger partial charge in [0.1, 0.15) is 11.4 Å². The van der Waals surface area contributed by atoms with Gasteiger partial charge in [-0.2, -0.15) is 0 Å². The molecule has 8 nitrogen and oxygen atoms in total. The maximum Gasteiger partial charge on any atom is 0.340 e. The minimum Gasteiger partial charge on any atom is -0.496 e. The second-order valence-electron chi connectivity index (χ2n) is 4.73. The number of amides is 2. The maximum absolute atomic E-state index is 12.2. The molecule has 0 fully saturated rings. The van der Waals surface area contributed by atoms with Crippen molar-refractivity contribution in [1.29, 1.82) is 0 Å². The minimum atomic E-state index is -0.632. The molecule has 2 rings (SSSR count). The van der Waals surface area contributed by atoms with E-state index in [9.17, 15) is 14.4 Å². The van der Waals surface area contributed by atoms with Gasteiger partial charge in [0.2, 0.25) is 0 Å². The van der Waals surface area contributed by atoms with Crippen molar-refractivity contribution in [1.82, 2.24) is 4.90 Å². The SMILES string of the molecule is COC(=O)c1cc(OC)c(Br)cc1NC1=CC(=O)N(CCO)C1=O. The second kappa shape index (κ2) is 7.45. The zero-order chi connectivity index (χ0) is 17.9. The molecule has 0 aliphatic carbocycles. The first-order chi connectivity index (χ1) is 11.4. The number of imide groups is 1. The summed E-state index contributed by atoms with van der Waals surface area (Å²) in [5.74, 6) is -1.35. The van der Waals surface area contributed by atoms with E-state index in [0.717, 1.165) is 11.0 Å². The molecular formula is C15H15BrN2O6. The molecule has 1 aliphatic rings. The number of rotatable bonds is 6. The molecular weight excluding hydrogens is 384 g/mol. The van der Waals surface area contributed by atoms with Gasteiger partial charge in [0.25, 0.3) is 11.8 Å². The third-order valence-corrected chi connectivity index (χ3v) is 3.92. The molecule has 1 heterocycles. The fourth-order valence-corrected chi connectivity index (χ4v) is 2.65. The van der Waals surface area contributed by atoms with Crippen molar-refractivity contribution in [3.63, 3.8) is 0 Å². The Morgan fingerprint density at radius 1 is 1.33 bits per heavy atom. The number of benzene rings is 1. The van der Waals surface area contributed by atoms with E-state index in [1.165, 1.54) is 20.3 Å². The third-order valence-electron chi connectivity index (χ3n) is 3.30. The van der Waals surface area contributed by atoms with Gasteiger partial charge in [-0.3, -0.25) is 14.5 Å². The highest BCUT2D eigenvalue weighted by molar-refractivity contribution is 9.10. The van der Waals surface area contributed by atoms with Gasteiger partial charge in [-0.15, -0.1) is 0 Å². The zero-order valence-corrected chi connectivity index (χ0v) is 14.5. The first-order valence-electron chi connectivity index (χ1n) is 6.84. The van der Waals surface area contributed by atoms with Crippen molar-refractivity contribution < 1.29 is 29.0 Å². The lowest BCUT2D eigenvalue weighted by Gasteiger charge is -2.16. The molecule has 0 radical (unpaired) electrons. The van der Waals surface area contributed by atoms with Gasteiger partial charge in [-0.1, -0.05) is 0 Å². The monoisotopic (exact) mass is 398 g/mol. The molecule has 24 heavy (non-hydrogen) atoms. The summed E-state index contributed by atoms with van der Waals surface area (Å²) >= 11 is 3.29. The van der Waals surface area contributed by atoms with Crippen LogP contribution in [0.4, 0.5) is 5.69 Å².